The third kappa shape index (κ3) is 3.89. The number of anilines is 1. The number of hydrogen-bond acceptors (Lipinski definition) is 3. The second-order valence-corrected chi connectivity index (χ2v) is 9.34. The van der Waals surface area contributed by atoms with E-state index in [1.165, 1.54) is 20.9 Å². The summed E-state index contributed by atoms with van der Waals surface area (Å²) in [7, 11) is 1.85. The number of aryl methyl sites for hydroxylation is 1. The maximum absolute atomic E-state index is 11.9. The van der Waals surface area contributed by atoms with E-state index in [4.69, 9.17) is 16.3 Å². The van der Waals surface area contributed by atoms with Gasteiger partial charge in [0, 0.05) is 35.6 Å². The van der Waals surface area contributed by atoms with E-state index in [0.717, 1.165) is 24.9 Å². The molecule has 0 bridgehead atoms. The number of hydrogen-bond donors (Lipinski definition) is 0. The van der Waals surface area contributed by atoms with E-state index in [1.54, 1.807) is 16.7 Å². The molecular formula is C22H24ClNO2S. The molecule has 0 radical (unpaired) electrons. The number of carbonyl (C=O) groups is 1. The summed E-state index contributed by atoms with van der Waals surface area (Å²) in [6.45, 7) is 2.79. The molecule has 0 saturated carbocycles. The molecule has 1 amide bonds. The van der Waals surface area contributed by atoms with Crippen molar-refractivity contribution in [2.45, 2.75) is 53.4 Å². The van der Waals surface area contributed by atoms with Crippen LogP contribution in [0.4, 0.5) is 5.69 Å². The average molecular weight is 402 g/mol. The van der Waals surface area contributed by atoms with Gasteiger partial charge in [-0.15, -0.1) is 11.6 Å². The molecule has 142 valence electrons. The highest BCUT2D eigenvalue weighted by molar-refractivity contribution is 7.99. The van der Waals surface area contributed by atoms with Crippen LogP contribution in [0.3, 0.4) is 0 Å². The molecule has 2 heterocycles. The second-order valence-electron chi connectivity index (χ2n) is 7.47. The zero-order valence-corrected chi connectivity index (χ0v) is 17.3. The van der Waals surface area contributed by atoms with Crippen LogP contribution in [-0.4, -0.2) is 25.7 Å². The van der Waals surface area contributed by atoms with Crippen LogP contribution in [0.5, 0.6) is 0 Å². The molecular weight excluding hydrogens is 378 g/mol. The number of halogens is 1. The summed E-state index contributed by atoms with van der Waals surface area (Å²) in [6, 6.07) is 14.9. The van der Waals surface area contributed by atoms with Gasteiger partial charge in [-0.1, -0.05) is 23.9 Å². The van der Waals surface area contributed by atoms with Gasteiger partial charge in [0.15, 0.2) is 0 Å². The highest BCUT2D eigenvalue weighted by Gasteiger charge is 2.35. The second kappa shape index (κ2) is 7.50. The summed E-state index contributed by atoms with van der Waals surface area (Å²) < 4.78 is 5.67. The summed E-state index contributed by atoms with van der Waals surface area (Å²) in [6.07, 6.45) is 3.26. The predicted octanol–water partition coefficient (Wildman–Crippen LogP) is 5.38. The third-order valence-electron chi connectivity index (χ3n) is 5.49. The van der Waals surface area contributed by atoms with Crippen LogP contribution in [0.25, 0.3) is 0 Å². The molecule has 2 aliphatic heterocycles. The molecule has 5 heteroatoms. The first-order chi connectivity index (χ1) is 12.9. The number of carbonyl (C=O) groups excluding carboxylic acids is 1. The maximum atomic E-state index is 11.9. The highest BCUT2D eigenvalue weighted by atomic mass is 35.5. The van der Waals surface area contributed by atoms with Gasteiger partial charge in [-0.2, -0.15) is 0 Å². The van der Waals surface area contributed by atoms with Gasteiger partial charge in [-0.3, -0.25) is 4.79 Å². The quantitative estimate of drug-likeness (QED) is 0.646. The lowest BCUT2D eigenvalue weighted by Gasteiger charge is -2.35. The molecule has 0 aromatic heterocycles. The normalized spacial score (nSPS) is 25.4. The summed E-state index contributed by atoms with van der Waals surface area (Å²) in [5.41, 5.74) is 3.44. The van der Waals surface area contributed by atoms with Crippen molar-refractivity contribution in [1.82, 2.24) is 0 Å². The Morgan fingerprint density at radius 1 is 1.19 bits per heavy atom. The molecule has 4 rings (SSSR count). The van der Waals surface area contributed by atoms with E-state index in [0.29, 0.717) is 13.0 Å². The van der Waals surface area contributed by atoms with Gasteiger partial charge in [0.2, 0.25) is 5.91 Å². The number of ether oxygens (including phenoxy) is 1. The third-order valence-corrected chi connectivity index (χ3v) is 7.03. The van der Waals surface area contributed by atoms with Crippen LogP contribution in [-0.2, 0) is 20.8 Å². The highest BCUT2D eigenvalue weighted by Crippen LogP contribution is 2.43. The topological polar surface area (TPSA) is 29.5 Å². The van der Waals surface area contributed by atoms with E-state index < -0.39 is 0 Å². The van der Waals surface area contributed by atoms with E-state index in [2.05, 4.69) is 49.4 Å². The van der Waals surface area contributed by atoms with Gasteiger partial charge in [-0.25, -0.2) is 0 Å². The van der Waals surface area contributed by atoms with Crippen LogP contribution < -0.4 is 4.90 Å². The fraction of sp³-hybridized carbons (Fsp3) is 0.409. The van der Waals surface area contributed by atoms with Gasteiger partial charge < -0.3 is 9.64 Å². The SMILES string of the molecule is C[C@H]1C[C@@](Cl)(c2cccc(Sc3ccc4c(c3)CCC(=O)N4C)c2)CCO1. The fourth-order valence-electron chi connectivity index (χ4n) is 3.97. The fourth-order valence-corrected chi connectivity index (χ4v) is 5.33. The van der Waals surface area contributed by atoms with E-state index in [1.807, 2.05) is 7.05 Å². The molecule has 1 fully saturated rings. The molecule has 1 saturated heterocycles. The zero-order chi connectivity index (χ0) is 19.0. The Bertz CT molecular complexity index is 871. The Labute approximate surface area is 170 Å². The minimum absolute atomic E-state index is 0.188. The van der Waals surface area contributed by atoms with Crippen LogP contribution in [0, 0.1) is 0 Å². The molecule has 0 spiro atoms. The molecule has 2 atom stereocenters. The average Bonchev–Trinajstić information content (AvgIpc) is 2.65. The zero-order valence-electron chi connectivity index (χ0n) is 15.7. The molecule has 2 aromatic carbocycles. The van der Waals surface area contributed by atoms with Crippen LogP contribution in [0.2, 0.25) is 0 Å². The minimum atomic E-state index is -0.340. The first kappa shape index (κ1) is 18.9. The van der Waals surface area contributed by atoms with Crippen molar-refractivity contribution in [2.24, 2.45) is 0 Å². The van der Waals surface area contributed by atoms with Crippen molar-refractivity contribution < 1.29 is 9.53 Å². The van der Waals surface area contributed by atoms with E-state index in [-0.39, 0.29) is 16.9 Å². The Balaban J connectivity index is 1.56. The monoisotopic (exact) mass is 401 g/mol. The molecule has 0 aliphatic carbocycles. The summed E-state index contributed by atoms with van der Waals surface area (Å²) >= 11 is 8.71. The van der Waals surface area contributed by atoms with Crippen molar-refractivity contribution in [3.05, 3.63) is 53.6 Å². The summed E-state index contributed by atoms with van der Waals surface area (Å²) in [4.78, 5) is 15.7. The van der Waals surface area contributed by atoms with E-state index >= 15 is 0 Å². The molecule has 2 aliphatic rings. The van der Waals surface area contributed by atoms with Crippen molar-refractivity contribution in [3.63, 3.8) is 0 Å². The lowest BCUT2D eigenvalue weighted by Crippen LogP contribution is -2.33. The lowest BCUT2D eigenvalue weighted by atomic mass is 9.88. The minimum Gasteiger partial charge on any atom is -0.378 e. The Hall–Kier alpha value is -1.49. The summed E-state index contributed by atoms with van der Waals surface area (Å²) in [5, 5.41) is 0. The van der Waals surface area contributed by atoms with Crippen molar-refractivity contribution in [1.29, 1.82) is 0 Å². The number of rotatable bonds is 3. The molecule has 2 aromatic rings. The molecule has 3 nitrogen and oxygen atoms in total. The number of amides is 1. The summed E-state index contributed by atoms with van der Waals surface area (Å²) in [5.74, 6) is 0.189. The van der Waals surface area contributed by atoms with Crippen LogP contribution in [0.1, 0.15) is 37.3 Å². The van der Waals surface area contributed by atoms with Gasteiger partial charge in [0.25, 0.3) is 0 Å². The van der Waals surface area contributed by atoms with Gasteiger partial charge in [0.1, 0.15) is 0 Å². The Kier molecular flexibility index (Phi) is 5.23. The largest absolute Gasteiger partial charge is 0.378 e. The lowest BCUT2D eigenvalue weighted by molar-refractivity contribution is -0.118. The Morgan fingerprint density at radius 2 is 2.00 bits per heavy atom. The molecule has 0 unspecified atom stereocenters. The Morgan fingerprint density at radius 3 is 2.81 bits per heavy atom. The standard InChI is InChI=1S/C22H24ClNO2S/c1-15-14-22(23,10-11-26-15)17-4-3-5-18(13-17)27-19-7-8-20-16(12-19)6-9-21(25)24(20)2/h3-5,7-8,12-13,15H,6,9-11,14H2,1-2H3/t15-,22+/m0/s1. The number of nitrogens with zero attached hydrogens (tertiary/aromatic N) is 1. The smallest absolute Gasteiger partial charge is 0.227 e. The van der Waals surface area contributed by atoms with Crippen molar-refractivity contribution in [3.8, 4) is 0 Å². The van der Waals surface area contributed by atoms with Crippen molar-refractivity contribution >= 4 is 35.0 Å². The number of fused-ring (bicyclic) bond motifs is 1. The first-order valence-corrected chi connectivity index (χ1v) is 10.6. The van der Waals surface area contributed by atoms with Crippen LogP contribution in [0.15, 0.2) is 52.3 Å². The van der Waals surface area contributed by atoms with E-state index in [9.17, 15) is 4.79 Å². The predicted molar refractivity (Wildman–Crippen MR) is 111 cm³/mol. The van der Waals surface area contributed by atoms with Crippen molar-refractivity contribution in [2.75, 3.05) is 18.6 Å². The van der Waals surface area contributed by atoms with Gasteiger partial charge in [-0.05, 0) is 67.6 Å². The number of alkyl halides is 1. The molecule has 27 heavy (non-hydrogen) atoms. The van der Waals surface area contributed by atoms with Gasteiger partial charge in [0.05, 0.1) is 11.0 Å². The maximum Gasteiger partial charge on any atom is 0.227 e. The number of benzene rings is 2. The molecule has 0 N–H and O–H groups in total. The first-order valence-electron chi connectivity index (χ1n) is 9.43. The van der Waals surface area contributed by atoms with Crippen LogP contribution >= 0.6 is 23.4 Å². The van der Waals surface area contributed by atoms with Gasteiger partial charge >= 0.3 is 0 Å².